The molecule has 0 aromatic heterocycles. The van der Waals surface area contributed by atoms with Crippen LogP contribution in [0.4, 0.5) is 0 Å². The van der Waals surface area contributed by atoms with Gasteiger partial charge in [0.05, 0.1) is 5.92 Å². The molecule has 1 aliphatic heterocycles. The minimum absolute atomic E-state index is 0.194. The smallest absolute Gasteiger partial charge is 0.309 e. The summed E-state index contributed by atoms with van der Waals surface area (Å²) < 4.78 is 7.17. The molecular weight excluding hydrogens is 429 g/mol. The summed E-state index contributed by atoms with van der Waals surface area (Å²) in [6.45, 7) is 1.92. The van der Waals surface area contributed by atoms with E-state index in [0.717, 1.165) is 18.6 Å². The largest absolute Gasteiger partial charge is 0.489 e. The van der Waals surface area contributed by atoms with Crippen LogP contribution in [0.2, 0.25) is 0 Å². The van der Waals surface area contributed by atoms with E-state index in [0.29, 0.717) is 25.7 Å². The highest BCUT2D eigenvalue weighted by molar-refractivity contribution is 14.1. The Balaban J connectivity index is 1.39. The van der Waals surface area contributed by atoms with Crippen LogP contribution in [-0.4, -0.2) is 29.1 Å². The monoisotopic (exact) mass is 449 g/mol. The molecule has 4 rings (SSSR count). The molecule has 0 bridgehead atoms. The molecule has 25 heavy (non-hydrogen) atoms. The summed E-state index contributed by atoms with van der Waals surface area (Å²) >= 11 is 2.30. The van der Waals surface area contributed by atoms with E-state index in [4.69, 9.17) is 9.84 Å². The third-order valence-electron chi connectivity index (χ3n) is 5.18. The first-order chi connectivity index (χ1) is 12.1. The highest BCUT2D eigenvalue weighted by Gasteiger charge is 2.39. The fourth-order valence-corrected chi connectivity index (χ4v) is 4.07. The number of aryl methyl sites for hydroxylation is 1. The van der Waals surface area contributed by atoms with Crippen LogP contribution >= 0.6 is 22.6 Å². The first kappa shape index (κ1) is 16.8. The van der Waals surface area contributed by atoms with Crippen molar-refractivity contribution >= 4 is 28.6 Å². The third-order valence-corrected chi connectivity index (χ3v) is 5.90. The SMILES string of the molecule is O=C(O)C1CN(C2CCc3cc(OCc4ccc(I)cc4)ccc32)C1. The van der Waals surface area contributed by atoms with Gasteiger partial charge in [-0.2, -0.15) is 0 Å². The molecule has 5 heteroatoms. The molecule has 0 spiro atoms. The normalized spacial score (nSPS) is 20.1. The van der Waals surface area contributed by atoms with E-state index in [9.17, 15) is 4.79 Å². The second kappa shape index (κ2) is 6.96. The Bertz CT molecular complexity index is 784. The molecule has 1 N–H and O–H groups in total. The summed E-state index contributed by atoms with van der Waals surface area (Å²) in [5.74, 6) is 0.0411. The van der Waals surface area contributed by atoms with E-state index >= 15 is 0 Å². The van der Waals surface area contributed by atoms with Gasteiger partial charge in [0.2, 0.25) is 0 Å². The molecule has 2 aliphatic rings. The highest BCUT2D eigenvalue weighted by atomic mass is 127. The number of carboxylic acid groups (broad SMARTS) is 1. The maximum atomic E-state index is 11.0. The fourth-order valence-electron chi connectivity index (χ4n) is 3.71. The summed E-state index contributed by atoms with van der Waals surface area (Å²) in [6.07, 6.45) is 2.11. The van der Waals surface area contributed by atoms with Crippen molar-refractivity contribution < 1.29 is 14.6 Å². The number of carboxylic acids is 1. The number of rotatable bonds is 5. The van der Waals surface area contributed by atoms with Crippen LogP contribution in [0, 0.1) is 9.49 Å². The molecule has 0 saturated carbocycles. The number of fused-ring (bicyclic) bond motifs is 1. The summed E-state index contributed by atoms with van der Waals surface area (Å²) in [5, 5.41) is 9.05. The topological polar surface area (TPSA) is 49.8 Å². The Kier molecular flexibility index (Phi) is 4.69. The summed E-state index contributed by atoms with van der Waals surface area (Å²) in [6, 6.07) is 15.1. The first-order valence-electron chi connectivity index (χ1n) is 8.57. The Morgan fingerprint density at radius 2 is 1.96 bits per heavy atom. The average molecular weight is 449 g/mol. The van der Waals surface area contributed by atoms with Gasteiger partial charge < -0.3 is 9.84 Å². The molecule has 4 nitrogen and oxygen atoms in total. The molecule has 0 radical (unpaired) electrons. The van der Waals surface area contributed by atoms with E-state index in [2.05, 4.69) is 63.9 Å². The lowest BCUT2D eigenvalue weighted by atomic mass is 9.95. The zero-order valence-electron chi connectivity index (χ0n) is 13.8. The van der Waals surface area contributed by atoms with Crippen LogP contribution in [-0.2, 0) is 17.8 Å². The molecule has 1 fully saturated rings. The van der Waals surface area contributed by atoms with Gasteiger partial charge in [0.15, 0.2) is 0 Å². The van der Waals surface area contributed by atoms with Gasteiger partial charge in [-0.25, -0.2) is 0 Å². The Hall–Kier alpha value is -1.60. The molecule has 1 atom stereocenters. The van der Waals surface area contributed by atoms with Gasteiger partial charge in [0, 0.05) is 22.7 Å². The Morgan fingerprint density at radius 1 is 1.20 bits per heavy atom. The average Bonchev–Trinajstić information content (AvgIpc) is 2.96. The molecule has 1 heterocycles. The first-order valence-corrected chi connectivity index (χ1v) is 9.65. The van der Waals surface area contributed by atoms with Crippen molar-refractivity contribution in [1.29, 1.82) is 0 Å². The number of ether oxygens (including phenoxy) is 1. The molecule has 1 unspecified atom stereocenters. The van der Waals surface area contributed by atoms with Crippen molar-refractivity contribution in [1.82, 2.24) is 4.90 Å². The van der Waals surface area contributed by atoms with Crippen molar-refractivity contribution in [2.75, 3.05) is 13.1 Å². The Morgan fingerprint density at radius 3 is 2.68 bits per heavy atom. The number of hydrogen-bond acceptors (Lipinski definition) is 3. The van der Waals surface area contributed by atoms with E-state index in [1.165, 1.54) is 20.3 Å². The second-order valence-corrected chi connectivity index (χ2v) is 8.06. The van der Waals surface area contributed by atoms with Gasteiger partial charge in [0.25, 0.3) is 0 Å². The number of halogens is 1. The zero-order valence-corrected chi connectivity index (χ0v) is 16.0. The summed E-state index contributed by atoms with van der Waals surface area (Å²) in [7, 11) is 0. The number of nitrogens with zero attached hydrogens (tertiary/aromatic N) is 1. The lowest BCUT2D eigenvalue weighted by Gasteiger charge is -2.41. The van der Waals surface area contributed by atoms with E-state index < -0.39 is 5.97 Å². The molecule has 0 amide bonds. The molecule has 1 saturated heterocycles. The molecular formula is C20H20INO3. The number of aliphatic carboxylic acids is 1. The van der Waals surface area contributed by atoms with Crippen molar-refractivity contribution in [2.24, 2.45) is 5.92 Å². The van der Waals surface area contributed by atoms with Crippen LogP contribution in [0.15, 0.2) is 42.5 Å². The third kappa shape index (κ3) is 3.53. The van der Waals surface area contributed by atoms with Gasteiger partial charge in [-0.3, -0.25) is 9.69 Å². The van der Waals surface area contributed by atoms with E-state index in [-0.39, 0.29) is 5.92 Å². The lowest BCUT2D eigenvalue weighted by molar-refractivity contribution is -0.148. The van der Waals surface area contributed by atoms with E-state index in [1.54, 1.807) is 0 Å². The molecule has 130 valence electrons. The van der Waals surface area contributed by atoms with Crippen molar-refractivity contribution in [3.05, 3.63) is 62.7 Å². The number of hydrogen-bond donors (Lipinski definition) is 1. The van der Waals surface area contributed by atoms with Crippen LogP contribution in [0.5, 0.6) is 5.75 Å². The van der Waals surface area contributed by atoms with Crippen LogP contribution in [0.25, 0.3) is 0 Å². The van der Waals surface area contributed by atoms with Crippen molar-refractivity contribution in [2.45, 2.75) is 25.5 Å². The van der Waals surface area contributed by atoms with Gasteiger partial charge >= 0.3 is 5.97 Å². The number of carbonyl (C=O) groups is 1. The van der Waals surface area contributed by atoms with Gasteiger partial charge in [-0.1, -0.05) is 18.2 Å². The molecule has 2 aromatic rings. The zero-order chi connectivity index (χ0) is 17.4. The standard InChI is InChI=1S/C20H20INO3/c21-16-4-1-13(2-5-16)12-25-17-6-7-18-14(9-17)3-8-19(18)22-10-15(11-22)20(23)24/h1-2,4-7,9,15,19H,3,8,10-12H2,(H,23,24). The number of benzene rings is 2. The molecule has 2 aromatic carbocycles. The predicted molar refractivity (Wildman–Crippen MR) is 104 cm³/mol. The predicted octanol–water partition coefficient (Wildman–Crippen LogP) is 3.87. The quantitative estimate of drug-likeness (QED) is 0.705. The Labute approximate surface area is 160 Å². The highest BCUT2D eigenvalue weighted by Crippen LogP contribution is 2.40. The van der Waals surface area contributed by atoms with Crippen LogP contribution < -0.4 is 4.74 Å². The maximum absolute atomic E-state index is 11.0. The minimum atomic E-state index is -0.672. The maximum Gasteiger partial charge on any atom is 0.309 e. The lowest BCUT2D eigenvalue weighted by Crippen LogP contribution is -2.51. The van der Waals surface area contributed by atoms with Crippen LogP contribution in [0.3, 0.4) is 0 Å². The summed E-state index contributed by atoms with van der Waals surface area (Å²) in [4.78, 5) is 13.3. The van der Waals surface area contributed by atoms with Gasteiger partial charge in [-0.15, -0.1) is 0 Å². The van der Waals surface area contributed by atoms with Crippen molar-refractivity contribution in [3.8, 4) is 5.75 Å². The number of likely N-dealkylation sites (tertiary alicyclic amines) is 1. The van der Waals surface area contributed by atoms with Gasteiger partial charge in [-0.05, 0) is 76.4 Å². The minimum Gasteiger partial charge on any atom is -0.489 e. The van der Waals surface area contributed by atoms with Gasteiger partial charge in [0.1, 0.15) is 12.4 Å². The van der Waals surface area contributed by atoms with E-state index in [1.807, 2.05) is 6.07 Å². The summed E-state index contributed by atoms with van der Waals surface area (Å²) in [5.41, 5.74) is 3.84. The molecule has 1 aliphatic carbocycles. The fraction of sp³-hybridized carbons (Fsp3) is 0.350. The van der Waals surface area contributed by atoms with Crippen LogP contribution in [0.1, 0.15) is 29.2 Å². The van der Waals surface area contributed by atoms with Crippen molar-refractivity contribution in [3.63, 3.8) is 0 Å². The second-order valence-electron chi connectivity index (χ2n) is 6.82.